The summed E-state index contributed by atoms with van der Waals surface area (Å²) in [6.45, 7) is 0.249. The number of hydrogen-bond donors (Lipinski definition) is 2. The average molecular weight is 411 g/mol. The highest BCUT2D eigenvalue weighted by Gasteiger charge is 2.35. The molecule has 2 aromatic carbocycles. The van der Waals surface area contributed by atoms with Crippen molar-refractivity contribution in [1.29, 1.82) is 0 Å². The number of carbonyl (C=O) groups excluding carboxylic acids is 2. The van der Waals surface area contributed by atoms with Gasteiger partial charge in [0.05, 0.1) is 29.4 Å². The van der Waals surface area contributed by atoms with Gasteiger partial charge in [-0.3, -0.25) is 9.59 Å². The maximum atomic E-state index is 13.0. The van der Waals surface area contributed by atoms with Crippen LogP contribution in [-0.4, -0.2) is 28.7 Å². The number of methoxy groups -OCH3 is 1. The molecule has 4 rings (SSSR count). The third-order valence-electron chi connectivity index (χ3n) is 4.69. The lowest BCUT2D eigenvalue weighted by Gasteiger charge is -2.24. The highest BCUT2D eigenvalue weighted by atomic mass is 35.5. The zero-order chi connectivity index (χ0) is 20.4. The Hall–Kier alpha value is -3.16. The van der Waals surface area contributed by atoms with Crippen molar-refractivity contribution in [1.82, 2.24) is 9.78 Å². The van der Waals surface area contributed by atoms with Crippen LogP contribution in [0.5, 0.6) is 0 Å². The molecule has 1 aromatic heterocycles. The fourth-order valence-electron chi connectivity index (χ4n) is 3.40. The van der Waals surface area contributed by atoms with Gasteiger partial charge >= 0.3 is 0 Å². The van der Waals surface area contributed by atoms with Gasteiger partial charge in [-0.2, -0.15) is 5.10 Å². The van der Waals surface area contributed by atoms with E-state index in [0.717, 1.165) is 11.1 Å². The third kappa shape index (κ3) is 3.74. The molecule has 2 amide bonds. The zero-order valence-electron chi connectivity index (χ0n) is 15.7. The van der Waals surface area contributed by atoms with Gasteiger partial charge in [-0.25, -0.2) is 4.68 Å². The molecule has 0 aliphatic carbocycles. The molecule has 1 atom stereocenters. The lowest BCUT2D eigenvalue weighted by molar-refractivity contribution is -0.125. The van der Waals surface area contributed by atoms with Crippen molar-refractivity contribution in [3.63, 3.8) is 0 Å². The van der Waals surface area contributed by atoms with E-state index < -0.39 is 6.04 Å². The number of aromatic nitrogens is 2. The van der Waals surface area contributed by atoms with Gasteiger partial charge in [0, 0.05) is 12.7 Å². The Bertz CT molecular complexity index is 1070. The fraction of sp³-hybridized carbons (Fsp3) is 0.190. The van der Waals surface area contributed by atoms with Gasteiger partial charge in [0.15, 0.2) is 0 Å². The van der Waals surface area contributed by atoms with Crippen molar-refractivity contribution in [2.45, 2.75) is 19.1 Å². The SMILES string of the molecule is COCc1nn2c(c1-c1ccccc1)NC(=O)CC2C(=O)Nc1ccccc1Cl. The smallest absolute Gasteiger partial charge is 0.249 e. The van der Waals surface area contributed by atoms with Crippen molar-refractivity contribution >= 4 is 34.9 Å². The number of amides is 2. The number of benzene rings is 2. The van der Waals surface area contributed by atoms with Crippen LogP contribution < -0.4 is 10.6 Å². The van der Waals surface area contributed by atoms with E-state index in [1.165, 1.54) is 0 Å². The maximum Gasteiger partial charge on any atom is 0.249 e. The number of ether oxygens (including phenoxy) is 1. The van der Waals surface area contributed by atoms with Gasteiger partial charge in [-0.15, -0.1) is 0 Å². The number of para-hydroxylation sites is 1. The summed E-state index contributed by atoms with van der Waals surface area (Å²) in [7, 11) is 1.58. The first-order valence-corrected chi connectivity index (χ1v) is 9.47. The summed E-state index contributed by atoms with van der Waals surface area (Å²) in [5.74, 6) is -0.128. The number of carbonyl (C=O) groups is 2. The highest BCUT2D eigenvalue weighted by molar-refractivity contribution is 6.33. The van der Waals surface area contributed by atoms with Crippen LogP contribution in [0.4, 0.5) is 11.5 Å². The maximum absolute atomic E-state index is 13.0. The summed E-state index contributed by atoms with van der Waals surface area (Å²) in [6.07, 6.45) is -0.0222. The Labute approximate surface area is 172 Å². The van der Waals surface area contributed by atoms with Crippen molar-refractivity contribution in [3.05, 3.63) is 65.3 Å². The molecule has 148 valence electrons. The predicted molar refractivity (Wildman–Crippen MR) is 111 cm³/mol. The molecule has 0 spiro atoms. The van der Waals surface area contributed by atoms with E-state index in [1.54, 1.807) is 36.1 Å². The number of nitrogens with one attached hydrogen (secondary N) is 2. The lowest BCUT2D eigenvalue weighted by Crippen LogP contribution is -2.36. The topological polar surface area (TPSA) is 85.2 Å². The molecular formula is C21H19ClN4O3. The number of nitrogens with zero attached hydrogens (tertiary/aromatic N) is 2. The minimum Gasteiger partial charge on any atom is -0.378 e. The van der Waals surface area contributed by atoms with E-state index in [0.29, 0.717) is 22.2 Å². The summed E-state index contributed by atoms with van der Waals surface area (Å²) in [4.78, 5) is 25.4. The second-order valence-corrected chi connectivity index (χ2v) is 7.06. The molecule has 8 heteroatoms. The van der Waals surface area contributed by atoms with Crippen LogP contribution in [0.15, 0.2) is 54.6 Å². The first-order valence-electron chi connectivity index (χ1n) is 9.09. The Balaban J connectivity index is 1.76. The van der Waals surface area contributed by atoms with Crippen LogP contribution >= 0.6 is 11.6 Å². The van der Waals surface area contributed by atoms with Crippen LogP contribution in [0.2, 0.25) is 5.02 Å². The van der Waals surface area contributed by atoms with E-state index >= 15 is 0 Å². The minimum atomic E-state index is -0.803. The molecular weight excluding hydrogens is 392 g/mol. The standard InChI is InChI=1S/C21H19ClN4O3/c1-29-12-16-19(13-7-3-2-4-8-13)20-24-18(27)11-17(26(20)25-16)21(28)23-15-10-6-5-9-14(15)22/h2-10,17H,11-12H2,1H3,(H,23,28)(H,24,27). The molecule has 1 aliphatic rings. The monoisotopic (exact) mass is 410 g/mol. The van der Waals surface area contributed by atoms with E-state index in [9.17, 15) is 9.59 Å². The van der Waals surface area contributed by atoms with E-state index in [2.05, 4.69) is 15.7 Å². The molecule has 0 saturated heterocycles. The molecule has 7 nitrogen and oxygen atoms in total. The first kappa shape index (κ1) is 19.2. The lowest BCUT2D eigenvalue weighted by atomic mass is 10.0. The molecule has 1 unspecified atom stereocenters. The van der Waals surface area contributed by atoms with Crippen molar-refractivity contribution in [3.8, 4) is 11.1 Å². The average Bonchev–Trinajstić information content (AvgIpc) is 3.07. The summed E-state index contributed by atoms with van der Waals surface area (Å²) in [5, 5.41) is 10.7. The normalized spacial score (nSPS) is 15.5. The Morgan fingerprint density at radius 2 is 1.97 bits per heavy atom. The summed E-state index contributed by atoms with van der Waals surface area (Å²) in [5.41, 5.74) is 2.76. The van der Waals surface area contributed by atoms with Crippen molar-refractivity contribution < 1.29 is 14.3 Å². The third-order valence-corrected chi connectivity index (χ3v) is 5.02. The quantitative estimate of drug-likeness (QED) is 0.668. The number of anilines is 2. The molecule has 0 fully saturated rings. The van der Waals surface area contributed by atoms with Gasteiger partial charge < -0.3 is 15.4 Å². The summed E-state index contributed by atoms with van der Waals surface area (Å²) < 4.78 is 6.85. The van der Waals surface area contributed by atoms with Crippen molar-refractivity contribution in [2.24, 2.45) is 0 Å². The zero-order valence-corrected chi connectivity index (χ0v) is 16.4. The largest absolute Gasteiger partial charge is 0.378 e. The summed E-state index contributed by atoms with van der Waals surface area (Å²) in [6, 6.07) is 15.7. The Kier molecular flexibility index (Phi) is 5.33. The number of rotatable bonds is 5. The van der Waals surface area contributed by atoms with E-state index in [1.807, 2.05) is 30.3 Å². The fourth-order valence-corrected chi connectivity index (χ4v) is 3.58. The Morgan fingerprint density at radius 1 is 1.24 bits per heavy atom. The Morgan fingerprint density at radius 3 is 2.69 bits per heavy atom. The second-order valence-electron chi connectivity index (χ2n) is 6.65. The van der Waals surface area contributed by atoms with Crippen LogP contribution in [0.3, 0.4) is 0 Å². The molecule has 0 saturated carbocycles. The van der Waals surface area contributed by atoms with Crippen LogP contribution in [-0.2, 0) is 20.9 Å². The summed E-state index contributed by atoms with van der Waals surface area (Å²) >= 11 is 6.15. The van der Waals surface area contributed by atoms with Gasteiger partial charge in [0.2, 0.25) is 11.8 Å². The van der Waals surface area contributed by atoms with Crippen LogP contribution in [0.25, 0.3) is 11.1 Å². The molecule has 1 aliphatic heterocycles. The number of halogens is 1. The molecule has 0 bridgehead atoms. The molecule has 3 aromatic rings. The van der Waals surface area contributed by atoms with Gasteiger partial charge in [0.1, 0.15) is 11.9 Å². The predicted octanol–water partition coefficient (Wildman–Crippen LogP) is 3.87. The van der Waals surface area contributed by atoms with Crippen molar-refractivity contribution in [2.75, 3.05) is 17.7 Å². The van der Waals surface area contributed by atoms with Gasteiger partial charge in [-0.1, -0.05) is 54.1 Å². The highest BCUT2D eigenvalue weighted by Crippen LogP contribution is 2.37. The van der Waals surface area contributed by atoms with Gasteiger partial charge in [-0.05, 0) is 17.7 Å². The molecule has 0 radical (unpaired) electrons. The molecule has 2 N–H and O–H groups in total. The number of hydrogen-bond acceptors (Lipinski definition) is 4. The molecule has 29 heavy (non-hydrogen) atoms. The van der Waals surface area contributed by atoms with Crippen LogP contribution in [0, 0.1) is 0 Å². The number of fused-ring (bicyclic) bond motifs is 1. The second kappa shape index (κ2) is 8.06. The van der Waals surface area contributed by atoms with Gasteiger partial charge in [0.25, 0.3) is 0 Å². The van der Waals surface area contributed by atoms with E-state index in [-0.39, 0.29) is 24.8 Å². The first-order chi connectivity index (χ1) is 14.1. The molecule has 2 heterocycles. The van der Waals surface area contributed by atoms with E-state index in [4.69, 9.17) is 16.3 Å². The van der Waals surface area contributed by atoms with Crippen LogP contribution in [0.1, 0.15) is 18.2 Å². The minimum absolute atomic E-state index is 0.0222.